The van der Waals surface area contributed by atoms with E-state index >= 15 is 0 Å². The molecule has 1 aromatic carbocycles. The van der Waals surface area contributed by atoms with Gasteiger partial charge in [0.15, 0.2) is 0 Å². The monoisotopic (exact) mass is 243 g/mol. The largest absolute Gasteiger partial charge is 0.311 e. The molecule has 0 saturated carbocycles. The van der Waals surface area contributed by atoms with Crippen molar-refractivity contribution in [3.05, 3.63) is 33.8 Å². The minimum atomic E-state index is 0.216. The van der Waals surface area contributed by atoms with E-state index in [0.717, 1.165) is 23.0 Å². The maximum atomic E-state index is 5.98. The van der Waals surface area contributed by atoms with Crippen molar-refractivity contribution in [2.45, 2.75) is 31.7 Å². The smallest absolute Gasteiger partial charge is 0.0423 e. The average Bonchev–Trinajstić information content (AvgIpc) is 2.49. The second-order valence-corrected chi connectivity index (χ2v) is 5.42. The molecule has 1 N–H and O–H groups in total. The van der Waals surface area contributed by atoms with Gasteiger partial charge < -0.3 is 5.32 Å². The molecule has 2 rings (SSSR count). The van der Waals surface area contributed by atoms with Crippen LogP contribution >= 0.6 is 23.2 Å². The molecule has 3 heteroatoms. The van der Waals surface area contributed by atoms with Crippen LogP contribution in [0.4, 0.5) is 0 Å². The Morgan fingerprint density at radius 3 is 2.47 bits per heavy atom. The van der Waals surface area contributed by atoms with Crippen molar-refractivity contribution in [2.75, 3.05) is 6.54 Å². The first-order valence-electron chi connectivity index (χ1n) is 5.27. The molecule has 0 aliphatic carbocycles. The van der Waals surface area contributed by atoms with E-state index in [2.05, 4.69) is 12.2 Å². The van der Waals surface area contributed by atoms with Gasteiger partial charge in [-0.3, -0.25) is 0 Å². The van der Waals surface area contributed by atoms with Crippen molar-refractivity contribution in [3.63, 3.8) is 0 Å². The van der Waals surface area contributed by atoms with Crippen LogP contribution in [-0.2, 0) is 6.42 Å². The van der Waals surface area contributed by atoms with E-state index in [1.807, 2.05) is 12.1 Å². The van der Waals surface area contributed by atoms with Crippen molar-refractivity contribution < 1.29 is 0 Å². The summed E-state index contributed by atoms with van der Waals surface area (Å²) in [7, 11) is 0. The van der Waals surface area contributed by atoms with Crippen LogP contribution < -0.4 is 5.32 Å². The lowest BCUT2D eigenvalue weighted by atomic mass is 9.91. The quantitative estimate of drug-likeness (QED) is 0.836. The van der Waals surface area contributed by atoms with Crippen LogP contribution in [0.3, 0.4) is 0 Å². The van der Waals surface area contributed by atoms with Crippen LogP contribution in [0, 0.1) is 0 Å². The van der Waals surface area contributed by atoms with Gasteiger partial charge in [-0.15, -0.1) is 0 Å². The molecule has 1 heterocycles. The molecule has 1 unspecified atom stereocenters. The van der Waals surface area contributed by atoms with E-state index in [9.17, 15) is 0 Å². The SMILES string of the molecule is CC1(Cc2cc(Cl)cc(Cl)c2)CCCN1. The maximum Gasteiger partial charge on any atom is 0.0423 e. The highest BCUT2D eigenvalue weighted by molar-refractivity contribution is 6.34. The van der Waals surface area contributed by atoms with Crippen molar-refractivity contribution in [2.24, 2.45) is 0 Å². The molecule has 1 saturated heterocycles. The highest BCUT2D eigenvalue weighted by atomic mass is 35.5. The molecule has 1 atom stereocenters. The van der Waals surface area contributed by atoms with Gasteiger partial charge in [0.1, 0.15) is 0 Å². The molecule has 1 aromatic rings. The lowest BCUT2D eigenvalue weighted by Gasteiger charge is -2.24. The molecular formula is C12H15Cl2N. The minimum Gasteiger partial charge on any atom is -0.311 e. The Kier molecular flexibility index (Phi) is 3.24. The normalized spacial score (nSPS) is 25.8. The van der Waals surface area contributed by atoms with Gasteiger partial charge >= 0.3 is 0 Å². The van der Waals surface area contributed by atoms with Gasteiger partial charge in [-0.2, -0.15) is 0 Å². The molecule has 1 aliphatic rings. The third kappa shape index (κ3) is 2.87. The van der Waals surface area contributed by atoms with Crippen LogP contribution in [0.2, 0.25) is 10.0 Å². The Hall–Kier alpha value is -0.240. The summed E-state index contributed by atoms with van der Waals surface area (Å²) in [4.78, 5) is 0. The van der Waals surface area contributed by atoms with Crippen LogP contribution in [0.15, 0.2) is 18.2 Å². The molecule has 0 radical (unpaired) electrons. The molecule has 0 aromatic heterocycles. The summed E-state index contributed by atoms with van der Waals surface area (Å²) in [6.07, 6.45) is 3.47. The van der Waals surface area contributed by atoms with E-state index in [-0.39, 0.29) is 5.54 Å². The van der Waals surface area contributed by atoms with Crippen LogP contribution in [0.5, 0.6) is 0 Å². The molecular weight excluding hydrogens is 229 g/mol. The van der Waals surface area contributed by atoms with E-state index < -0.39 is 0 Å². The Balaban J connectivity index is 2.16. The van der Waals surface area contributed by atoms with Crippen LogP contribution in [0.25, 0.3) is 0 Å². The molecule has 0 spiro atoms. The number of nitrogens with one attached hydrogen (secondary N) is 1. The Bertz CT molecular complexity index is 336. The zero-order valence-electron chi connectivity index (χ0n) is 8.82. The first kappa shape index (κ1) is 11.3. The predicted molar refractivity (Wildman–Crippen MR) is 65.8 cm³/mol. The van der Waals surface area contributed by atoms with Crippen molar-refractivity contribution in [1.82, 2.24) is 5.32 Å². The summed E-state index contributed by atoms with van der Waals surface area (Å²) in [5.74, 6) is 0. The number of hydrogen-bond acceptors (Lipinski definition) is 1. The minimum absolute atomic E-state index is 0.216. The number of halogens is 2. The fourth-order valence-corrected chi connectivity index (χ4v) is 2.84. The zero-order chi connectivity index (χ0) is 10.9. The lowest BCUT2D eigenvalue weighted by Crippen LogP contribution is -2.38. The van der Waals surface area contributed by atoms with Crippen molar-refractivity contribution in [1.29, 1.82) is 0 Å². The van der Waals surface area contributed by atoms with Crippen LogP contribution in [-0.4, -0.2) is 12.1 Å². The fourth-order valence-electron chi connectivity index (χ4n) is 2.27. The summed E-state index contributed by atoms with van der Waals surface area (Å²) in [5, 5.41) is 4.98. The van der Waals surface area contributed by atoms with E-state index in [1.165, 1.54) is 18.4 Å². The Morgan fingerprint density at radius 1 is 1.27 bits per heavy atom. The Labute approximate surface area is 101 Å². The molecule has 15 heavy (non-hydrogen) atoms. The highest BCUT2D eigenvalue weighted by Gasteiger charge is 2.28. The van der Waals surface area contributed by atoms with Gasteiger partial charge in [0.2, 0.25) is 0 Å². The molecule has 0 bridgehead atoms. The molecule has 1 aliphatic heterocycles. The zero-order valence-corrected chi connectivity index (χ0v) is 10.3. The number of rotatable bonds is 2. The van der Waals surface area contributed by atoms with Gasteiger partial charge in [-0.25, -0.2) is 0 Å². The van der Waals surface area contributed by atoms with Gasteiger partial charge in [-0.1, -0.05) is 23.2 Å². The first-order valence-corrected chi connectivity index (χ1v) is 6.03. The summed E-state index contributed by atoms with van der Waals surface area (Å²) < 4.78 is 0. The van der Waals surface area contributed by atoms with E-state index in [1.54, 1.807) is 6.07 Å². The maximum absolute atomic E-state index is 5.98. The van der Waals surface area contributed by atoms with Crippen LogP contribution in [0.1, 0.15) is 25.3 Å². The van der Waals surface area contributed by atoms with Gasteiger partial charge in [0.05, 0.1) is 0 Å². The summed E-state index contributed by atoms with van der Waals surface area (Å²) >= 11 is 12.0. The molecule has 1 fully saturated rings. The first-order chi connectivity index (χ1) is 7.07. The second kappa shape index (κ2) is 4.32. The summed E-state index contributed by atoms with van der Waals surface area (Å²) in [6, 6.07) is 5.77. The van der Waals surface area contributed by atoms with Crippen molar-refractivity contribution in [3.8, 4) is 0 Å². The Morgan fingerprint density at radius 2 is 1.93 bits per heavy atom. The third-order valence-electron chi connectivity index (χ3n) is 2.97. The predicted octanol–water partition coefficient (Wildman–Crippen LogP) is 3.68. The number of hydrogen-bond donors (Lipinski definition) is 1. The van der Waals surface area contributed by atoms with E-state index in [4.69, 9.17) is 23.2 Å². The van der Waals surface area contributed by atoms with Crippen molar-refractivity contribution >= 4 is 23.2 Å². The fraction of sp³-hybridized carbons (Fsp3) is 0.500. The average molecular weight is 244 g/mol. The molecule has 82 valence electrons. The topological polar surface area (TPSA) is 12.0 Å². The summed E-state index contributed by atoms with van der Waals surface area (Å²) in [6.45, 7) is 3.37. The molecule has 0 amide bonds. The number of benzene rings is 1. The van der Waals surface area contributed by atoms with Gasteiger partial charge in [-0.05, 0) is 56.5 Å². The van der Waals surface area contributed by atoms with E-state index in [0.29, 0.717) is 0 Å². The standard InChI is InChI=1S/C12H15Cl2N/c1-12(3-2-4-15-12)8-9-5-10(13)7-11(14)6-9/h5-7,15H,2-4,8H2,1H3. The second-order valence-electron chi connectivity index (χ2n) is 4.55. The lowest BCUT2D eigenvalue weighted by molar-refractivity contribution is 0.412. The molecule has 1 nitrogen and oxygen atoms in total. The third-order valence-corrected chi connectivity index (χ3v) is 3.41. The van der Waals surface area contributed by atoms with Gasteiger partial charge in [0, 0.05) is 15.6 Å². The summed E-state index contributed by atoms with van der Waals surface area (Å²) in [5.41, 5.74) is 1.43. The highest BCUT2D eigenvalue weighted by Crippen LogP contribution is 2.26. The van der Waals surface area contributed by atoms with Gasteiger partial charge in [0.25, 0.3) is 0 Å².